The third-order valence-electron chi connectivity index (χ3n) is 3.20. The number of rotatable bonds is 3. The van der Waals surface area contributed by atoms with Crippen molar-refractivity contribution in [3.63, 3.8) is 0 Å². The first-order chi connectivity index (χ1) is 8.29. The molecule has 0 radical (unpaired) electrons. The first-order valence-corrected chi connectivity index (χ1v) is 5.80. The molecule has 0 aliphatic carbocycles. The maximum absolute atomic E-state index is 8.77. The van der Waals surface area contributed by atoms with Gasteiger partial charge < -0.3 is 15.8 Å². The van der Waals surface area contributed by atoms with Crippen molar-refractivity contribution in [3.8, 4) is 0 Å². The minimum Gasteiger partial charge on any atom is -0.409 e. The van der Waals surface area contributed by atoms with Crippen molar-refractivity contribution in [2.75, 3.05) is 11.9 Å². The molecule has 0 aromatic carbocycles. The van der Waals surface area contributed by atoms with Crippen molar-refractivity contribution >= 4 is 11.7 Å². The lowest BCUT2D eigenvalue weighted by atomic mass is 9.87. The molecule has 0 spiro atoms. The van der Waals surface area contributed by atoms with Crippen LogP contribution in [0.3, 0.4) is 0 Å². The maximum atomic E-state index is 8.77. The fraction of sp³-hybridized carbons (Fsp3) is 0.583. The molecule has 0 saturated heterocycles. The second-order valence-electron chi connectivity index (χ2n) is 5.37. The molecule has 0 aliphatic rings. The van der Waals surface area contributed by atoms with Crippen LogP contribution in [0, 0.1) is 5.41 Å². The number of hydrogen-bond donors (Lipinski definition) is 2. The van der Waals surface area contributed by atoms with Crippen molar-refractivity contribution < 1.29 is 5.21 Å². The molecule has 1 rings (SSSR count). The summed E-state index contributed by atoms with van der Waals surface area (Å²) in [6.45, 7) is 8.54. The van der Waals surface area contributed by atoms with Crippen molar-refractivity contribution in [1.82, 2.24) is 9.97 Å². The first-order valence-electron chi connectivity index (χ1n) is 5.80. The van der Waals surface area contributed by atoms with Gasteiger partial charge in [0.25, 0.3) is 0 Å². The molecule has 18 heavy (non-hydrogen) atoms. The van der Waals surface area contributed by atoms with Crippen molar-refractivity contribution in [2.24, 2.45) is 16.3 Å². The lowest BCUT2D eigenvalue weighted by Gasteiger charge is -2.36. The Morgan fingerprint density at radius 3 is 2.44 bits per heavy atom. The molecule has 100 valence electrons. The summed E-state index contributed by atoms with van der Waals surface area (Å²) in [7, 11) is 1.92. The zero-order valence-electron chi connectivity index (χ0n) is 11.5. The highest BCUT2D eigenvalue weighted by molar-refractivity contribution is 5.99. The van der Waals surface area contributed by atoms with Crippen LogP contribution in [0.1, 0.15) is 33.4 Å². The number of nitrogens with two attached hydrogens (primary N) is 1. The Labute approximate surface area is 108 Å². The quantitative estimate of drug-likeness (QED) is 0.367. The average molecular weight is 251 g/mol. The van der Waals surface area contributed by atoms with Gasteiger partial charge in [0.05, 0.1) is 0 Å². The van der Waals surface area contributed by atoms with Crippen LogP contribution in [-0.2, 0) is 0 Å². The molecule has 0 aliphatic heterocycles. The molecule has 1 aromatic rings. The third-order valence-corrected chi connectivity index (χ3v) is 3.20. The normalized spacial score (nSPS) is 14.4. The zero-order valence-corrected chi connectivity index (χ0v) is 11.5. The minimum atomic E-state index is -0.0361. The molecule has 0 bridgehead atoms. The van der Waals surface area contributed by atoms with E-state index < -0.39 is 0 Å². The van der Waals surface area contributed by atoms with Crippen LogP contribution in [0.5, 0.6) is 0 Å². The van der Waals surface area contributed by atoms with Crippen molar-refractivity contribution in [1.29, 1.82) is 0 Å². The summed E-state index contributed by atoms with van der Waals surface area (Å²) in [6.07, 6.45) is 3.11. The number of nitrogens with zero attached hydrogens (tertiary/aromatic N) is 4. The second-order valence-corrected chi connectivity index (χ2v) is 5.37. The van der Waals surface area contributed by atoms with E-state index >= 15 is 0 Å². The number of amidine groups is 1. The Kier molecular flexibility index (Phi) is 4.11. The van der Waals surface area contributed by atoms with Gasteiger partial charge in [0, 0.05) is 25.5 Å². The van der Waals surface area contributed by atoms with Crippen molar-refractivity contribution in [2.45, 2.75) is 33.7 Å². The SMILES string of the molecule is CC(N(C)c1nccnc1C(N)=NO)C(C)(C)C. The van der Waals surface area contributed by atoms with Gasteiger partial charge in [0.2, 0.25) is 0 Å². The summed E-state index contributed by atoms with van der Waals surface area (Å²) < 4.78 is 0. The van der Waals surface area contributed by atoms with Crippen LogP contribution >= 0.6 is 0 Å². The third kappa shape index (κ3) is 2.88. The van der Waals surface area contributed by atoms with Crippen molar-refractivity contribution in [3.05, 3.63) is 18.1 Å². The molecule has 0 fully saturated rings. The Morgan fingerprint density at radius 1 is 1.39 bits per heavy atom. The average Bonchev–Trinajstić information content (AvgIpc) is 2.35. The van der Waals surface area contributed by atoms with E-state index in [0.29, 0.717) is 11.5 Å². The van der Waals surface area contributed by atoms with Crippen LogP contribution in [0.4, 0.5) is 5.82 Å². The van der Waals surface area contributed by atoms with Gasteiger partial charge in [0.15, 0.2) is 17.3 Å². The van der Waals surface area contributed by atoms with E-state index in [1.54, 1.807) is 6.20 Å². The zero-order chi connectivity index (χ0) is 13.9. The van der Waals surface area contributed by atoms with Gasteiger partial charge in [-0.25, -0.2) is 9.97 Å². The van der Waals surface area contributed by atoms with Crippen LogP contribution in [0.2, 0.25) is 0 Å². The van der Waals surface area contributed by atoms with E-state index in [1.165, 1.54) is 6.20 Å². The summed E-state index contributed by atoms with van der Waals surface area (Å²) in [5.41, 5.74) is 6.08. The van der Waals surface area contributed by atoms with Gasteiger partial charge in [-0.2, -0.15) is 0 Å². The van der Waals surface area contributed by atoms with E-state index in [2.05, 4.69) is 42.8 Å². The fourth-order valence-corrected chi connectivity index (χ4v) is 1.58. The summed E-state index contributed by atoms with van der Waals surface area (Å²) in [6, 6.07) is 0.222. The molecular formula is C12H21N5O. The topological polar surface area (TPSA) is 87.6 Å². The van der Waals surface area contributed by atoms with Gasteiger partial charge in [-0.15, -0.1) is 0 Å². The van der Waals surface area contributed by atoms with Gasteiger partial charge in [-0.1, -0.05) is 25.9 Å². The Bertz CT molecular complexity index is 438. The lowest BCUT2D eigenvalue weighted by molar-refractivity contribution is 0.318. The van der Waals surface area contributed by atoms with Gasteiger partial charge in [-0.3, -0.25) is 0 Å². The van der Waals surface area contributed by atoms with E-state index in [9.17, 15) is 0 Å². The molecular weight excluding hydrogens is 230 g/mol. The van der Waals surface area contributed by atoms with Crippen LogP contribution in [0.15, 0.2) is 17.5 Å². The number of aromatic nitrogens is 2. The molecule has 6 heteroatoms. The number of oxime groups is 1. The van der Waals surface area contributed by atoms with E-state index in [4.69, 9.17) is 10.9 Å². The molecule has 0 saturated carbocycles. The molecule has 1 atom stereocenters. The smallest absolute Gasteiger partial charge is 0.192 e. The first kappa shape index (κ1) is 14.2. The van der Waals surface area contributed by atoms with E-state index in [1.807, 2.05) is 11.9 Å². The highest BCUT2D eigenvalue weighted by atomic mass is 16.4. The highest BCUT2D eigenvalue weighted by Gasteiger charge is 2.27. The van der Waals surface area contributed by atoms with Gasteiger partial charge in [-0.05, 0) is 12.3 Å². The Hall–Kier alpha value is -1.85. The molecule has 3 N–H and O–H groups in total. The number of hydrogen-bond acceptors (Lipinski definition) is 5. The van der Waals surface area contributed by atoms with E-state index in [-0.39, 0.29) is 17.3 Å². The molecule has 1 aromatic heterocycles. The molecule has 6 nitrogen and oxygen atoms in total. The predicted octanol–water partition coefficient (Wildman–Crippen LogP) is 1.44. The maximum Gasteiger partial charge on any atom is 0.192 e. The Morgan fingerprint density at radius 2 is 1.94 bits per heavy atom. The lowest BCUT2D eigenvalue weighted by Crippen LogP contribution is -2.41. The van der Waals surface area contributed by atoms with Gasteiger partial charge >= 0.3 is 0 Å². The highest BCUT2D eigenvalue weighted by Crippen LogP contribution is 2.27. The summed E-state index contributed by atoms with van der Waals surface area (Å²) >= 11 is 0. The standard InChI is InChI=1S/C12H21N5O/c1-8(12(2,3)4)17(5)11-9(10(13)16-18)14-6-7-15-11/h6-8,18H,1-5H3,(H2,13,16). The van der Waals surface area contributed by atoms with Crippen LogP contribution < -0.4 is 10.6 Å². The summed E-state index contributed by atoms with van der Waals surface area (Å²) in [5, 5.41) is 11.8. The molecule has 1 unspecified atom stereocenters. The Balaban J connectivity index is 3.18. The fourth-order valence-electron chi connectivity index (χ4n) is 1.58. The van der Waals surface area contributed by atoms with Crippen LogP contribution in [0.25, 0.3) is 0 Å². The number of anilines is 1. The molecule has 0 amide bonds. The minimum absolute atomic E-state index is 0.0361. The second kappa shape index (κ2) is 5.20. The van der Waals surface area contributed by atoms with Crippen LogP contribution in [-0.4, -0.2) is 34.1 Å². The summed E-state index contributed by atoms with van der Waals surface area (Å²) in [4.78, 5) is 10.4. The molecule has 1 heterocycles. The van der Waals surface area contributed by atoms with Gasteiger partial charge in [0.1, 0.15) is 0 Å². The predicted molar refractivity (Wildman–Crippen MR) is 71.9 cm³/mol. The monoisotopic (exact) mass is 251 g/mol. The largest absolute Gasteiger partial charge is 0.409 e. The summed E-state index contributed by atoms with van der Waals surface area (Å²) in [5.74, 6) is 0.571. The van der Waals surface area contributed by atoms with E-state index in [0.717, 1.165) is 0 Å².